The van der Waals surface area contributed by atoms with Crippen molar-refractivity contribution in [3.05, 3.63) is 16.7 Å². The minimum atomic E-state index is -3.66. The fourth-order valence-corrected chi connectivity index (χ4v) is 3.70. The molecule has 21 heavy (non-hydrogen) atoms. The first-order chi connectivity index (χ1) is 9.77. The summed E-state index contributed by atoms with van der Waals surface area (Å²) in [5.41, 5.74) is 0. The zero-order valence-corrected chi connectivity index (χ0v) is 15.4. The van der Waals surface area contributed by atoms with E-state index in [-0.39, 0.29) is 16.7 Å². The molecule has 0 aliphatic heterocycles. The van der Waals surface area contributed by atoms with Crippen molar-refractivity contribution in [2.45, 2.75) is 30.4 Å². The van der Waals surface area contributed by atoms with E-state index in [1.165, 1.54) is 6.07 Å². The van der Waals surface area contributed by atoms with Gasteiger partial charge in [0.2, 0.25) is 10.0 Å². The zero-order valence-electron chi connectivity index (χ0n) is 12.2. The molecule has 0 aliphatic rings. The van der Waals surface area contributed by atoms with Gasteiger partial charge in [0.1, 0.15) is 10.7 Å². The van der Waals surface area contributed by atoms with E-state index in [1.807, 2.05) is 13.8 Å². The molecule has 0 bridgehead atoms. The molecule has 120 valence electrons. The summed E-state index contributed by atoms with van der Waals surface area (Å²) in [6.07, 6.45) is 3.67. The van der Waals surface area contributed by atoms with Gasteiger partial charge in [-0.2, -0.15) is 0 Å². The van der Waals surface area contributed by atoms with Crippen molar-refractivity contribution in [3.63, 3.8) is 0 Å². The maximum atomic E-state index is 12.3. The molecule has 2 unspecified atom stereocenters. The second kappa shape index (κ2) is 8.21. The van der Waals surface area contributed by atoms with E-state index in [9.17, 15) is 12.6 Å². The van der Waals surface area contributed by atoms with E-state index in [4.69, 9.17) is 0 Å². The second-order valence-corrected chi connectivity index (χ2v) is 8.98. The van der Waals surface area contributed by atoms with Crippen molar-refractivity contribution in [3.8, 4) is 0 Å². The minimum Gasteiger partial charge on any atom is -0.369 e. The third-order valence-electron chi connectivity index (χ3n) is 2.86. The molecule has 1 aromatic heterocycles. The quantitative estimate of drug-likeness (QED) is 0.696. The fraction of sp³-hybridized carbons (Fsp3) is 0.583. The molecule has 0 saturated carbocycles. The van der Waals surface area contributed by atoms with Crippen LogP contribution in [0.25, 0.3) is 0 Å². The zero-order chi connectivity index (χ0) is 16.0. The van der Waals surface area contributed by atoms with Gasteiger partial charge in [-0.1, -0.05) is 6.92 Å². The number of nitrogens with one attached hydrogen (secondary N) is 2. The van der Waals surface area contributed by atoms with Crippen LogP contribution in [0.4, 0.5) is 5.82 Å². The molecular weight excluding hydrogens is 378 g/mol. The topological polar surface area (TPSA) is 88.2 Å². The highest BCUT2D eigenvalue weighted by Crippen LogP contribution is 2.22. The number of aromatic nitrogens is 1. The maximum absolute atomic E-state index is 12.3. The van der Waals surface area contributed by atoms with Gasteiger partial charge in [-0.25, -0.2) is 18.1 Å². The van der Waals surface area contributed by atoms with E-state index in [1.54, 1.807) is 12.5 Å². The Hall–Kier alpha value is -0.510. The third kappa shape index (κ3) is 5.65. The number of hydrogen-bond acceptors (Lipinski definition) is 5. The third-order valence-corrected chi connectivity index (χ3v) is 6.14. The summed E-state index contributed by atoms with van der Waals surface area (Å²) < 4.78 is 39.1. The van der Waals surface area contributed by atoms with Crippen molar-refractivity contribution in [2.24, 2.45) is 0 Å². The first kappa shape index (κ1) is 18.5. The monoisotopic (exact) mass is 397 g/mol. The van der Waals surface area contributed by atoms with Gasteiger partial charge in [-0.15, -0.1) is 0 Å². The summed E-state index contributed by atoms with van der Waals surface area (Å²) in [7, 11) is -4.62. The molecule has 0 amide bonds. The van der Waals surface area contributed by atoms with Gasteiger partial charge in [-0.3, -0.25) is 4.21 Å². The Bertz CT molecular complexity index is 608. The standard InChI is InChI=1S/C12H20BrN3O3S2/c1-4-14-12-11(7-10(13)8-15-12)21(18,19)16-6-5-9(2)20(3)17/h7-9,16H,4-6H2,1-3H3,(H,14,15). The van der Waals surface area contributed by atoms with Crippen LogP contribution in [0.3, 0.4) is 0 Å². The first-order valence-corrected chi connectivity index (χ1v) is 10.4. The highest BCUT2D eigenvalue weighted by molar-refractivity contribution is 9.10. The van der Waals surface area contributed by atoms with Gasteiger partial charge < -0.3 is 5.32 Å². The van der Waals surface area contributed by atoms with Crippen molar-refractivity contribution in [1.29, 1.82) is 0 Å². The molecule has 0 fully saturated rings. The Morgan fingerprint density at radius 3 is 2.71 bits per heavy atom. The summed E-state index contributed by atoms with van der Waals surface area (Å²) in [5.74, 6) is 0.320. The van der Waals surface area contributed by atoms with Crippen LogP contribution in [0.5, 0.6) is 0 Å². The van der Waals surface area contributed by atoms with Gasteiger partial charge in [-0.05, 0) is 35.3 Å². The molecule has 2 atom stereocenters. The number of anilines is 1. The highest BCUT2D eigenvalue weighted by atomic mass is 79.9. The number of hydrogen-bond donors (Lipinski definition) is 2. The SMILES string of the molecule is CCNc1ncc(Br)cc1S(=O)(=O)NCCC(C)S(C)=O. The van der Waals surface area contributed by atoms with E-state index >= 15 is 0 Å². The van der Waals surface area contributed by atoms with Crippen molar-refractivity contribution in [1.82, 2.24) is 9.71 Å². The molecule has 0 radical (unpaired) electrons. The van der Waals surface area contributed by atoms with Crippen LogP contribution in [0, 0.1) is 0 Å². The van der Waals surface area contributed by atoms with Gasteiger partial charge in [0, 0.05) is 46.1 Å². The van der Waals surface area contributed by atoms with Crippen LogP contribution in [0.15, 0.2) is 21.6 Å². The normalized spacial score (nSPS) is 14.7. The van der Waals surface area contributed by atoms with E-state index in [0.717, 1.165) is 0 Å². The number of halogens is 1. The smallest absolute Gasteiger partial charge is 0.244 e. The lowest BCUT2D eigenvalue weighted by molar-refractivity contribution is 0.577. The molecule has 6 nitrogen and oxygen atoms in total. The van der Waals surface area contributed by atoms with Crippen LogP contribution >= 0.6 is 15.9 Å². The lowest BCUT2D eigenvalue weighted by atomic mass is 10.3. The average Bonchev–Trinajstić information content (AvgIpc) is 2.40. The van der Waals surface area contributed by atoms with Gasteiger partial charge in [0.25, 0.3) is 0 Å². The van der Waals surface area contributed by atoms with E-state index in [0.29, 0.717) is 23.3 Å². The minimum absolute atomic E-state index is 0.0541. The lowest BCUT2D eigenvalue weighted by Gasteiger charge is -2.13. The van der Waals surface area contributed by atoms with Crippen LogP contribution in [-0.2, 0) is 20.8 Å². The lowest BCUT2D eigenvalue weighted by Crippen LogP contribution is -2.28. The first-order valence-electron chi connectivity index (χ1n) is 6.49. The molecule has 2 N–H and O–H groups in total. The average molecular weight is 398 g/mol. The Labute approximate surface area is 136 Å². The fourth-order valence-electron chi connectivity index (χ4n) is 1.57. The van der Waals surface area contributed by atoms with Crippen molar-refractivity contribution >= 4 is 42.6 Å². The maximum Gasteiger partial charge on any atom is 0.244 e. The Morgan fingerprint density at radius 2 is 2.14 bits per heavy atom. The summed E-state index contributed by atoms with van der Waals surface area (Å²) in [5, 5.41) is 2.87. The summed E-state index contributed by atoms with van der Waals surface area (Å²) >= 11 is 3.23. The Morgan fingerprint density at radius 1 is 1.48 bits per heavy atom. The van der Waals surface area contributed by atoms with Crippen molar-refractivity contribution < 1.29 is 12.6 Å². The predicted molar refractivity (Wildman–Crippen MR) is 89.4 cm³/mol. The summed E-state index contributed by atoms with van der Waals surface area (Å²) in [6.45, 7) is 4.51. The predicted octanol–water partition coefficient (Wildman–Crippen LogP) is 1.71. The van der Waals surface area contributed by atoms with Crippen LogP contribution in [0.1, 0.15) is 20.3 Å². The molecule has 0 aromatic carbocycles. The van der Waals surface area contributed by atoms with E-state index in [2.05, 4.69) is 31.0 Å². The van der Waals surface area contributed by atoms with Crippen molar-refractivity contribution in [2.75, 3.05) is 24.7 Å². The van der Waals surface area contributed by atoms with Gasteiger partial charge in [0.15, 0.2) is 0 Å². The molecule has 0 saturated heterocycles. The molecule has 1 aromatic rings. The van der Waals surface area contributed by atoms with E-state index < -0.39 is 20.8 Å². The summed E-state index contributed by atoms with van der Waals surface area (Å²) in [4.78, 5) is 4.18. The molecule has 1 heterocycles. The number of pyridine rings is 1. The number of rotatable bonds is 8. The summed E-state index contributed by atoms with van der Waals surface area (Å²) in [6, 6.07) is 1.51. The Kier molecular flexibility index (Phi) is 7.25. The van der Waals surface area contributed by atoms with Gasteiger partial charge >= 0.3 is 0 Å². The largest absolute Gasteiger partial charge is 0.369 e. The molecule has 9 heteroatoms. The van der Waals surface area contributed by atoms with Crippen LogP contribution in [-0.4, -0.2) is 42.2 Å². The number of sulfonamides is 1. The molecule has 1 rings (SSSR count). The Balaban J connectivity index is 2.87. The van der Waals surface area contributed by atoms with Crippen LogP contribution < -0.4 is 10.0 Å². The highest BCUT2D eigenvalue weighted by Gasteiger charge is 2.20. The molecular formula is C12H20BrN3O3S2. The van der Waals surface area contributed by atoms with Crippen LogP contribution in [0.2, 0.25) is 0 Å². The molecule has 0 aliphatic carbocycles. The molecule has 0 spiro atoms. The second-order valence-electron chi connectivity index (χ2n) is 4.53. The van der Waals surface area contributed by atoms with Gasteiger partial charge in [0.05, 0.1) is 0 Å². The number of nitrogens with zero attached hydrogens (tertiary/aromatic N) is 1.